The minimum atomic E-state index is -1.54. The number of carbonyl (C=O) groups excluding carboxylic acids is 9. The number of hydrogen-bond acceptors (Lipinski definition) is 30. The molecule has 19 N–H and O–H groups in total. The Morgan fingerprint density at radius 2 is 0.815 bits per heavy atom. The van der Waals surface area contributed by atoms with Crippen LogP contribution in [0.2, 0.25) is 0 Å². The van der Waals surface area contributed by atoms with Gasteiger partial charge in [0, 0.05) is 85.0 Å². The molecule has 4 aliphatic rings. The lowest BCUT2D eigenvalue weighted by molar-refractivity contribution is -0.272. The molecule has 4 aliphatic heterocycles. The van der Waals surface area contributed by atoms with Crippen molar-refractivity contribution < 1.29 is 146 Å². The molecule has 4 rings (SSSR count). The van der Waals surface area contributed by atoms with E-state index >= 15 is 0 Å². The Labute approximate surface area is 629 Å². The second-order valence-electron chi connectivity index (χ2n) is 28.0. The standard InChI is InChI=1S/C69H123N9O30/c1-40(83)74-55-61(93)58(90)43(35-79)39-104-66(55)101-30-27-98-24-21-70-52(87)19-17-45(64(96)71-22-25-99-28-31-102-67-56(75-41(2)84)62(94)59(91)49(37-81)106-67)78-54(89)20-18-46(65(97)72-23-26-100-29-32-103-68-57(76-42(3)85)63(95)60(92)50(38-82)107-68)77-53(88)16-14-12-10-8-7-9-11-13-15-51(86)73-34-44-33-47(48(36-80)105-44)108-69(4,5)6/h43-50,55-63,66-68,79-82,90-95H,7-39H2,1-6H3,(H,70,87)(H,71,96)(H,72,97)(H,73,86)(H,74,83)(H,75,84)(H,76,85)(H,77,88)(H,78,89)/t43?,44-,45?,46?,47+,48-,49?,50?,55?,56?,57?,58?,59?,60?,61?,62?,63?,66?,67?,68?/m1/s1. The molecule has 4 heterocycles. The number of nitrogens with one attached hydrogen (secondary N) is 9. The molecule has 0 aliphatic carbocycles. The van der Waals surface area contributed by atoms with Crippen LogP contribution in [0, 0.1) is 5.92 Å². The third-order valence-corrected chi connectivity index (χ3v) is 17.9. The summed E-state index contributed by atoms with van der Waals surface area (Å²) in [6.07, 6.45) is -10.2. The van der Waals surface area contributed by atoms with Gasteiger partial charge in [-0.1, -0.05) is 38.5 Å². The van der Waals surface area contributed by atoms with Crippen molar-refractivity contribution >= 4 is 53.2 Å². The predicted molar refractivity (Wildman–Crippen MR) is 377 cm³/mol. The second kappa shape index (κ2) is 51.8. The summed E-state index contributed by atoms with van der Waals surface area (Å²) in [7, 11) is 0. The van der Waals surface area contributed by atoms with Crippen LogP contribution in [-0.2, 0) is 95.3 Å². The molecule has 0 aromatic carbocycles. The second-order valence-corrected chi connectivity index (χ2v) is 28.0. The number of aliphatic hydroxyl groups is 10. The molecular formula is C69H123N9O30. The molecule has 4 saturated heterocycles. The van der Waals surface area contributed by atoms with E-state index in [0.717, 1.165) is 32.1 Å². The Morgan fingerprint density at radius 3 is 1.25 bits per heavy atom. The number of carbonyl (C=O) groups is 9. The van der Waals surface area contributed by atoms with Crippen LogP contribution < -0.4 is 47.9 Å². The summed E-state index contributed by atoms with van der Waals surface area (Å²) in [5, 5.41) is 125. The van der Waals surface area contributed by atoms with Gasteiger partial charge >= 0.3 is 0 Å². The summed E-state index contributed by atoms with van der Waals surface area (Å²) in [4.78, 5) is 116. The highest BCUT2D eigenvalue weighted by Gasteiger charge is 2.48. The molecule has 0 bridgehead atoms. The summed E-state index contributed by atoms with van der Waals surface area (Å²) in [6, 6.07) is -6.18. The molecule has 4 fully saturated rings. The van der Waals surface area contributed by atoms with E-state index in [9.17, 15) is 94.2 Å². The van der Waals surface area contributed by atoms with Crippen molar-refractivity contribution in [1.82, 2.24) is 47.9 Å². The summed E-state index contributed by atoms with van der Waals surface area (Å²) in [6.45, 7) is 6.40. The highest BCUT2D eigenvalue weighted by atomic mass is 16.7. The lowest BCUT2D eigenvalue weighted by atomic mass is 9.96. The van der Waals surface area contributed by atoms with E-state index in [1.54, 1.807) is 0 Å². The first-order valence-electron chi connectivity index (χ1n) is 37.3. The largest absolute Gasteiger partial charge is 0.396 e. The maximum Gasteiger partial charge on any atom is 0.242 e. The molecule has 39 heteroatoms. The van der Waals surface area contributed by atoms with Gasteiger partial charge in [0.25, 0.3) is 0 Å². The molecular weight excluding hydrogens is 1430 g/mol. The number of amides is 9. The molecule has 20 atom stereocenters. The lowest BCUT2D eigenvalue weighted by Gasteiger charge is -2.42. The summed E-state index contributed by atoms with van der Waals surface area (Å²) >= 11 is 0. The van der Waals surface area contributed by atoms with Gasteiger partial charge in [0.1, 0.15) is 79.0 Å². The molecule has 108 heavy (non-hydrogen) atoms. The number of aliphatic hydroxyl groups excluding tert-OH is 10. The van der Waals surface area contributed by atoms with Crippen LogP contribution in [0.15, 0.2) is 0 Å². The molecule has 39 nitrogen and oxygen atoms in total. The van der Waals surface area contributed by atoms with Crippen LogP contribution in [0.1, 0.15) is 138 Å². The average molecular weight is 1560 g/mol. The van der Waals surface area contributed by atoms with E-state index < -0.39 is 189 Å². The minimum absolute atomic E-state index is 0.0171. The van der Waals surface area contributed by atoms with Gasteiger partial charge in [-0.25, -0.2) is 0 Å². The monoisotopic (exact) mass is 1560 g/mol. The van der Waals surface area contributed by atoms with Crippen molar-refractivity contribution in [3.8, 4) is 0 Å². The van der Waals surface area contributed by atoms with Crippen LogP contribution in [-0.4, -0.2) is 345 Å². The van der Waals surface area contributed by atoms with Crippen LogP contribution in [0.25, 0.3) is 0 Å². The SMILES string of the molecule is CC(=O)NC1C(OCCOCCNC(=O)CCC(NC(=O)CCC(NC(=O)CCCCCCCCCCC(=O)NC[C@H]2C[C@H](OC(C)(C)C)[C@@H](CO)O2)C(=O)NCCOCCOC2OC(CO)C(O)C(O)C2NC(C)=O)C(=O)NCCOCCOC2OC(CO)C(O)C(O)C2NC(C)=O)OCC(CO)C(O)C1O. The van der Waals surface area contributed by atoms with Gasteiger partial charge in [0.05, 0.1) is 116 Å². The van der Waals surface area contributed by atoms with Crippen molar-refractivity contribution in [2.24, 2.45) is 5.92 Å². The molecule has 0 aromatic rings. The first-order chi connectivity index (χ1) is 51.5. The molecule has 0 radical (unpaired) electrons. The van der Waals surface area contributed by atoms with E-state index in [-0.39, 0.29) is 136 Å². The molecule has 17 unspecified atom stereocenters. The molecule has 9 amide bonds. The predicted octanol–water partition coefficient (Wildman–Crippen LogP) is -6.61. The van der Waals surface area contributed by atoms with Gasteiger partial charge in [-0.05, 0) is 46.5 Å². The van der Waals surface area contributed by atoms with Crippen molar-refractivity contribution in [2.75, 3.05) is 119 Å². The van der Waals surface area contributed by atoms with Crippen LogP contribution in [0.5, 0.6) is 0 Å². The summed E-state index contributed by atoms with van der Waals surface area (Å²) < 4.78 is 62.6. The van der Waals surface area contributed by atoms with E-state index in [1.807, 2.05) is 20.8 Å². The fourth-order valence-electron chi connectivity index (χ4n) is 12.3. The summed E-state index contributed by atoms with van der Waals surface area (Å²) in [5.74, 6) is -5.72. The van der Waals surface area contributed by atoms with Crippen molar-refractivity contribution in [1.29, 1.82) is 0 Å². The number of rotatable bonds is 52. The summed E-state index contributed by atoms with van der Waals surface area (Å²) in [5.41, 5.74) is -0.404. The first kappa shape index (κ1) is 94.8. The van der Waals surface area contributed by atoms with E-state index in [0.29, 0.717) is 38.6 Å². The maximum atomic E-state index is 13.9. The van der Waals surface area contributed by atoms with Gasteiger partial charge in [-0.15, -0.1) is 0 Å². The fraction of sp³-hybridized carbons (Fsp3) is 0.870. The lowest BCUT2D eigenvalue weighted by Crippen LogP contribution is -2.64. The molecule has 624 valence electrons. The van der Waals surface area contributed by atoms with Gasteiger partial charge in [-0.2, -0.15) is 0 Å². The minimum Gasteiger partial charge on any atom is -0.396 e. The third kappa shape index (κ3) is 35.8. The fourth-order valence-corrected chi connectivity index (χ4v) is 12.3. The van der Waals surface area contributed by atoms with E-state index in [4.69, 9.17) is 52.1 Å². The number of hydrogen-bond donors (Lipinski definition) is 19. The Kier molecular flexibility index (Phi) is 45.5. The van der Waals surface area contributed by atoms with Gasteiger partial charge in [0.15, 0.2) is 18.9 Å². The number of unbranched alkanes of at least 4 members (excludes halogenated alkanes) is 7. The highest BCUT2D eigenvalue weighted by Crippen LogP contribution is 2.28. The molecule has 0 saturated carbocycles. The quantitative estimate of drug-likeness (QED) is 0.0252. The third-order valence-electron chi connectivity index (χ3n) is 17.9. The zero-order valence-corrected chi connectivity index (χ0v) is 63.0. The van der Waals surface area contributed by atoms with Gasteiger partial charge < -0.3 is 151 Å². The Morgan fingerprint density at radius 1 is 0.426 bits per heavy atom. The first-order valence-corrected chi connectivity index (χ1v) is 37.3. The van der Waals surface area contributed by atoms with Gasteiger partial charge in [0.2, 0.25) is 53.2 Å². The zero-order chi connectivity index (χ0) is 79.7. The van der Waals surface area contributed by atoms with Crippen molar-refractivity contribution in [2.45, 2.75) is 260 Å². The Balaban J connectivity index is 1.32. The molecule has 0 spiro atoms. The smallest absolute Gasteiger partial charge is 0.242 e. The topological polar surface area (TPSA) is 566 Å². The van der Waals surface area contributed by atoms with Gasteiger partial charge in [-0.3, -0.25) is 43.2 Å². The van der Waals surface area contributed by atoms with E-state index in [2.05, 4.69) is 47.9 Å². The Hall–Kier alpha value is -5.61. The normalized spacial score (nSPS) is 27.8. The van der Waals surface area contributed by atoms with E-state index in [1.165, 1.54) is 20.8 Å². The average Bonchev–Trinajstić information content (AvgIpc) is 1.16. The van der Waals surface area contributed by atoms with Crippen LogP contribution >= 0.6 is 0 Å². The number of ether oxygens (including phenoxy) is 11. The van der Waals surface area contributed by atoms with Crippen molar-refractivity contribution in [3.63, 3.8) is 0 Å². The van der Waals surface area contributed by atoms with Crippen molar-refractivity contribution in [3.05, 3.63) is 0 Å². The highest BCUT2D eigenvalue weighted by molar-refractivity contribution is 5.90. The maximum absolute atomic E-state index is 13.9. The zero-order valence-electron chi connectivity index (χ0n) is 63.0. The molecule has 0 aromatic heterocycles. The van der Waals surface area contributed by atoms with Crippen LogP contribution in [0.3, 0.4) is 0 Å². The van der Waals surface area contributed by atoms with Crippen LogP contribution in [0.4, 0.5) is 0 Å². The Bertz CT molecular complexity index is 2660.